The van der Waals surface area contributed by atoms with E-state index in [1.54, 1.807) is 6.07 Å². The van der Waals surface area contributed by atoms with Crippen LogP contribution >= 0.6 is 0 Å². The molecule has 6 heteroatoms. The number of hydrogen-bond acceptors (Lipinski definition) is 4. The van der Waals surface area contributed by atoms with Gasteiger partial charge in [-0.2, -0.15) is 0 Å². The average molecular weight is 348 g/mol. The zero-order valence-corrected chi connectivity index (χ0v) is 15.4. The Bertz CT molecular complexity index is 1030. The molecule has 1 fully saturated rings. The molecular formula is C20H21BN2O3. The lowest BCUT2D eigenvalue weighted by Gasteiger charge is -2.32. The Morgan fingerprint density at radius 3 is 2.38 bits per heavy atom. The fourth-order valence-electron chi connectivity index (χ4n) is 3.03. The second kappa shape index (κ2) is 5.79. The van der Waals surface area contributed by atoms with E-state index in [2.05, 4.69) is 9.97 Å². The van der Waals surface area contributed by atoms with Crippen molar-refractivity contribution in [2.45, 2.75) is 38.9 Å². The average Bonchev–Trinajstić information content (AvgIpc) is 2.83. The standard InChI is InChI=1S/C20H21BN2O3/c1-19(2)20(3,4)26-21(25-19)14-9-7-8-13(12-14)17-22-16-11-6-5-10-15(16)18(24)23-17/h5-12H,1-4H3,(H,22,23,24). The van der Waals surface area contributed by atoms with Gasteiger partial charge in [-0.25, -0.2) is 4.98 Å². The molecule has 132 valence electrons. The second-order valence-electron chi connectivity index (χ2n) is 7.65. The maximum atomic E-state index is 12.3. The molecule has 3 aromatic rings. The number of benzene rings is 2. The van der Waals surface area contributed by atoms with Crippen LogP contribution in [0.5, 0.6) is 0 Å². The zero-order chi connectivity index (χ0) is 18.5. The maximum Gasteiger partial charge on any atom is 0.494 e. The van der Waals surface area contributed by atoms with E-state index in [1.165, 1.54) is 0 Å². The number of rotatable bonds is 2. The molecule has 2 aromatic carbocycles. The summed E-state index contributed by atoms with van der Waals surface area (Å²) in [5.41, 5.74) is 1.45. The molecule has 1 aromatic heterocycles. The van der Waals surface area contributed by atoms with Gasteiger partial charge in [0.2, 0.25) is 0 Å². The maximum absolute atomic E-state index is 12.3. The van der Waals surface area contributed by atoms with Crippen LogP contribution in [0.25, 0.3) is 22.3 Å². The van der Waals surface area contributed by atoms with E-state index in [0.29, 0.717) is 16.7 Å². The fraction of sp³-hybridized carbons (Fsp3) is 0.300. The number of aromatic nitrogens is 2. The lowest BCUT2D eigenvalue weighted by Crippen LogP contribution is -2.41. The van der Waals surface area contributed by atoms with Crippen molar-refractivity contribution in [2.24, 2.45) is 0 Å². The van der Waals surface area contributed by atoms with E-state index in [-0.39, 0.29) is 5.56 Å². The van der Waals surface area contributed by atoms with Crippen LogP contribution < -0.4 is 11.0 Å². The molecule has 1 N–H and O–H groups in total. The van der Waals surface area contributed by atoms with Crippen LogP contribution in [0.1, 0.15) is 27.7 Å². The zero-order valence-electron chi connectivity index (χ0n) is 15.4. The van der Waals surface area contributed by atoms with Gasteiger partial charge < -0.3 is 14.3 Å². The Morgan fingerprint density at radius 2 is 1.65 bits per heavy atom. The summed E-state index contributed by atoms with van der Waals surface area (Å²) in [5, 5.41) is 0.582. The molecule has 0 unspecified atom stereocenters. The summed E-state index contributed by atoms with van der Waals surface area (Å²) >= 11 is 0. The quantitative estimate of drug-likeness (QED) is 0.724. The van der Waals surface area contributed by atoms with Crippen molar-refractivity contribution in [3.8, 4) is 11.4 Å². The van der Waals surface area contributed by atoms with Crippen molar-refractivity contribution < 1.29 is 9.31 Å². The van der Waals surface area contributed by atoms with E-state index in [9.17, 15) is 4.79 Å². The van der Waals surface area contributed by atoms with Gasteiger partial charge in [0.05, 0.1) is 22.1 Å². The lowest BCUT2D eigenvalue weighted by molar-refractivity contribution is 0.00578. The SMILES string of the molecule is CC1(C)OB(c2cccc(-c3nc4ccccc4c(=O)[nH]3)c2)OC1(C)C. The summed E-state index contributed by atoms with van der Waals surface area (Å²) in [5.74, 6) is 0.534. The number of fused-ring (bicyclic) bond motifs is 1. The first-order valence-corrected chi connectivity index (χ1v) is 8.72. The molecule has 1 saturated heterocycles. The van der Waals surface area contributed by atoms with Gasteiger partial charge in [0.25, 0.3) is 5.56 Å². The van der Waals surface area contributed by atoms with Gasteiger partial charge in [0.15, 0.2) is 0 Å². The molecule has 5 nitrogen and oxygen atoms in total. The van der Waals surface area contributed by atoms with Crippen LogP contribution in [-0.2, 0) is 9.31 Å². The lowest BCUT2D eigenvalue weighted by atomic mass is 9.78. The number of para-hydroxylation sites is 1. The summed E-state index contributed by atoms with van der Waals surface area (Å²) in [6, 6.07) is 15.1. The molecule has 0 aliphatic carbocycles. The number of hydrogen-bond donors (Lipinski definition) is 1. The number of H-pyrrole nitrogens is 1. The first kappa shape index (κ1) is 17.0. The normalized spacial score (nSPS) is 18.4. The monoisotopic (exact) mass is 348 g/mol. The highest BCUT2D eigenvalue weighted by atomic mass is 16.7. The van der Waals surface area contributed by atoms with Gasteiger partial charge in [-0.05, 0) is 45.3 Å². The van der Waals surface area contributed by atoms with Gasteiger partial charge in [0, 0.05) is 5.56 Å². The number of aromatic amines is 1. The third kappa shape index (κ3) is 2.75. The van der Waals surface area contributed by atoms with E-state index >= 15 is 0 Å². The van der Waals surface area contributed by atoms with Gasteiger partial charge in [0.1, 0.15) is 5.82 Å². The van der Waals surface area contributed by atoms with Crippen LogP contribution in [0.2, 0.25) is 0 Å². The van der Waals surface area contributed by atoms with Gasteiger partial charge >= 0.3 is 7.12 Å². The minimum absolute atomic E-state index is 0.147. The molecule has 26 heavy (non-hydrogen) atoms. The van der Waals surface area contributed by atoms with Crippen LogP contribution in [0.4, 0.5) is 0 Å². The minimum Gasteiger partial charge on any atom is -0.399 e. The molecule has 4 rings (SSSR count). The summed E-state index contributed by atoms with van der Waals surface area (Å²) < 4.78 is 12.2. The second-order valence-corrected chi connectivity index (χ2v) is 7.65. The molecule has 0 spiro atoms. The Kier molecular flexibility index (Phi) is 3.79. The first-order chi connectivity index (χ1) is 12.3. The Balaban J connectivity index is 1.75. The first-order valence-electron chi connectivity index (χ1n) is 8.72. The van der Waals surface area contributed by atoms with E-state index < -0.39 is 18.3 Å². The Labute approximate surface area is 152 Å². The summed E-state index contributed by atoms with van der Waals surface area (Å²) in [6.45, 7) is 8.11. The molecule has 0 atom stereocenters. The molecule has 0 bridgehead atoms. The molecule has 1 aliphatic rings. The number of nitrogens with zero attached hydrogens (tertiary/aromatic N) is 1. The van der Waals surface area contributed by atoms with Crippen LogP contribution in [0, 0.1) is 0 Å². The van der Waals surface area contributed by atoms with Crippen molar-refractivity contribution in [2.75, 3.05) is 0 Å². The predicted molar refractivity (Wildman–Crippen MR) is 104 cm³/mol. The Morgan fingerprint density at radius 1 is 0.962 bits per heavy atom. The Hall–Kier alpha value is -2.44. The van der Waals surface area contributed by atoms with Crippen molar-refractivity contribution in [1.29, 1.82) is 0 Å². The predicted octanol–water partition coefficient (Wildman–Crippen LogP) is 2.89. The van der Waals surface area contributed by atoms with E-state index in [1.807, 2.05) is 70.2 Å². The summed E-state index contributed by atoms with van der Waals surface area (Å²) in [4.78, 5) is 19.8. The van der Waals surface area contributed by atoms with E-state index in [4.69, 9.17) is 9.31 Å². The number of nitrogens with one attached hydrogen (secondary N) is 1. The topological polar surface area (TPSA) is 64.2 Å². The van der Waals surface area contributed by atoms with Crippen LogP contribution in [0.15, 0.2) is 53.3 Å². The highest BCUT2D eigenvalue weighted by Gasteiger charge is 2.51. The third-order valence-corrected chi connectivity index (χ3v) is 5.30. The van der Waals surface area contributed by atoms with Crippen molar-refractivity contribution in [3.05, 3.63) is 58.9 Å². The highest BCUT2D eigenvalue weighted by molar-refractivity contribution is 6.62. The van der Waals surface area contributed by atoms with Gasteiger partial charge in [-0.3, -0.25) is 4.79 Å². The summed E-state index contributed by atoms with van der Waals surface area (Å²) in [6.07, 6.45) is 0. The van der Waals surface area contributed by atoms with Gasteiger partial charge in [-0.15, -0.1) is 0 Å². The molecule has 0 radical (unpaired) electrons. The van der Waals surface area contributed by atoms with Crippen molar-refractivity contribution in [3.63, 3.8) is 0 Å². The van der Waals surface area contributed by atoms with E-state index in [0.717, 1.165) is 11.0 Å². The van der Waals surface area contributed by atoms with Crippen LogP contribution in [0.3, 0.4) is 0 Å². The minimum atomic E-state index is -0.452. The molecule has 0 saturated carbocycles. The highest BCUT2D eigenvalue weighted by Crippen LogP contribution is 2.36. The molecular weight excluding hydrogens is 327 g/mol. The fourth-order valence-corrected chi connectivity index (χ4v) is 3.03. The van der Waals surface area contributed by atoms with Crippen molar-refractivity contribution >= 4 is 23.5 Å². The largest absolute Gasteiger partial charge is 0.494 e. The smallest absolute Gasteiger partial charge is 0.399 e. The van der Waals surface area contributed by atoms with Crippen molar-refractivity contribution in [1.82, 2.24) is 9.97 Å². The molecule has 1 aliphatic heterocycles. The molecule has 0 amide bonds. The molecule has 2 heterocycles. The third-order valence-electron chi connectivity index (χ3n) is 5.30. The summed E-state index contributed by atoms with van der Waals surface area (Å²) in [7, 11) is -0.452. The van der Waals surface area contributed by atoms with Gasteiger partial charge in [-0.1, -0.05) is 36.4 Å². The van der Waals surface area contributed by atoms with Crippen LogP contribution in [-0.4, -0.2) is 28.3 Å².